The highest BCUT2D eigenvalue weighted by atomic mass is 32.2. The molecule has 4 nitrogen and oxygen atoms in total. The molecule has 0 spiro atoms. The molecule has 1 aromatic rings. The zero-order valence-electron chi connectivity index (χ0n) is 11.5. The predicted octanol–water partition coefficient (Wildman–Crippen LogP) is 2.44. The number of anilines is 1. The average molecular weight is 282 g/mol. The molecule has 1 atom stereocenters. The van der Waals surface area contributed by atoms with E-state index in [0.717, 1.165) is 18.2 Å². The molecule has 2 N–H and O–H groups in total. The molecular formula is C14H22N2O2S. The Morgan fingerprint density at radius 2 is 1.89 bits per heavy atom. The van der Waals surface area contributed by atoms with E-state index < -0.39 is 10.0 Å². The number of nitrogens with one attached hydrogen (secondary N) is 2. The molecule has 0 saturated heterocycles. The van der Waals surface area contributed by atoms with Gasteiger partial charge in [-0.25, -0.2) is 13.1 Å². The summed E-state index contributed by atoms with van der Waals surface area (Å²) in [6, 6.07) is 6.93. The van der Waals surface area contributed by atoms with E-state index >= 15 is 0 Å². The van der Waals surface area contributed by atoms with Gasteiger partial charge in [0.25, 0.3) is 0 Å². The van der Waals surface area contributed by atoms with Crippen LogP contribution < -0.4 is 10.0 Å². The molecule has 0 radical (unpaired) electrons. The summed E-state index contributed by atoms with van der Waals surface area (Å²) in [6.45, 7) is 5.38. The van der Waals surface area contributed by atoms with E-state index in [1.165, 1.54) is 12.8 Å². The van der Waals surface area contributed by atoms with Crippen LogP contribution in [0.4, 0.5) is 5.69 Å². The van der Waals surface area contributed by atoms with E-state index in [4.69, 9.17) is 0 Å². The second kappa shape index (κ2) is 5.92. The third-order valence-corrected chi connectivity index (χ3v) is 5.12. The lowest BCUT2D eigenvalue weighted by molar-refractivity contribution is 0.536. The van der Waals surface area contributed by atoms with Gasteiger partial charge in [0.15, 0.2) is 0 Å². The van der Waals surface area contributed by atoms with Crippen LogP contribution in [0.25, 0.3) is 0 Å². The van der Waals surface area contributed by atoms with Gasteiger partial charge >= 0.3 is 0 Å². The quantitative estimate of drug-likeness (QED) is 0.807. The smallest absolute Gasteiger partial charge is 0.240 e. The molecule has 1 saturated carbocycles. The summed E-state index contributed by atoms with van der Waals surface area (Å²) in [4.78, 5) is 0.315. The van der Waals surface area contributed by atoms with Gasteiger partial charge < -0.3 is 5.32 Å². The van der Waals surface area contributed by atoms with Crippen molar-refractivity contribution in [3.8, 4) is 0 Å². The van der Waals surface area contributed by atoms with Crippen molar-refractivity contribution in [1.82, 2.24) is 4.72 Å². The lowest BCUT2D eigenvalue weighted by atomic mass is 10.1. The van der Waals surface area contributed by atoms with Crippen LogP contribution in [0.2, 0.25) is 0 Å². The normalized spacial score (nSPS) is 17.2. The Kier molecular flexibility index (Phi) is 4.47. The van der Waals surface area contributed by atoms with E-state index in [0.29, 0.717) is 17.4 Å². The van der Waals surface area contributed by atoms with E-state index in [1.807, 2.05) is 12.1 Å². The predicted molar refractivity (Wildman–Crippen MR) is 77.7 cm³/mol. The molecular weight excluding hydrogens is 260 g/mol. The zero-order valence-corrected chi connectivity index (χ0v) is 12.3. The topological polar surface area (TPSA) is 58.2 Å². The lowest BCUT2D eigenvalue weighted by Gasteiger charge is -2.13. The Morgan fingerprint density at radius 3 is 2.42 bits per heavy atom. The number of hydrogen-bond acceptors (Lipinski definition) is 3. The van der Waals surface area contributed by atoms with Gasteiger partial charge in [0.05, 0.1) is 4.90 Å². The second-order valence-electron chi connectivity index (χ2n) is 5.22. The number of hydrogen-bond donors (Lipinski definition) is 2. The van der Waals surface area contributed by atoms with Crippen molar-refractivity contribution in [1.29, 1.82) is 0 Å². The maximum Gasteiger partial charge on any atom is 0.240 e. The first-order valence-electron chi connectivity index (χ1n) is 6.86. The Morgan fingerprint density at radius 1 is 1.26 bits per heavy atom. The van der Waals surface area contributed by atoms with Crippen LogP contribution in [-0.4, -0.2) is 21.5 Å². The van der Waals surface area contributed by atoms with E-state index in [2.05, 4.69) is 17.0 Å². The van der Waals surface area contributed by atoms with Gasteiger partial charge in [-0.05, 0) is 48.9 Å². The summed E-state index contributed by atoms with van der Waals surface area (Å²) in [5.74, 6) is 1.56. The molecule has 0 aliphatic heterocycles. The summed E-state index contributed by atoms with van der Waals surface area (Å²) < 4.78 is 26.0. The van der Waals surface area contributed by atoms with Gasteiger partial charge in [-0.1, -0.05) is 13.8 Å². The molecule has 0 aromatic heterocycles. The average Bonchev–Trinajstić information content (AvgIpc) is 3.20. The highest BCUT2D eigenvalue weighted by molar-refractivity contribution is 7.89. The molecule has 1 aromatic carbocycles. The van der Waals surface area contributed by atoms with Crippen molar-refractivity contribution in [2.24, 2.45) is 11.8 Å². The molecule has 0 amide bonds. The first-order valence-corrected chi connectivity index (χ1v) is 8.35. The van der Waals surface area contributed by atoms with Crippen LogP contribution in [-0.2, 0) is 10.0 Å². The zero-order chi connectivity index (χ0) is 13.9. The van der Waals surface area contributed by atoms with Crippen LogP contribution in [0, 0.1) is 11.8 Å². The van der Waals surface area contributed by atoms with Gasteiger partial charge in [-0.3, -0.25) is 0 Å². The Hall–Kier alpha value is -1.07. The fraction of sp³-hybridized carbons (Fsp3) is 0.571. The Labute approximate surface area is 115 Å². The minimum absolute atomic E-state index is 0.315. The first kappa shape index (κ1) is 14.3. The minimum Gasteiger partial charge on any atom is -0.385 e. The number of rotatable bonds is 7. The maximum absolute atomic E-state index is 11.8. The van der Waals surface area contributed by atoms with Crippen molar-refractivity contribution < 1.29 is 8.42 Å². The van der Waals surface area contributed by atoms with Crippen molar-refractivity contribution >= 4 is 15.7 Å². The summed E-state index contributed by atoms with van der Waals surface area (Å²) in [5.41, 5.74) is 0.975. The van der Waals surface area contributed by atoms with Crippen molar-refractivity contribution in [2.75, 3.05) is 18.4 Å². The van der Waals surface area contributed by atoms with Gasteiger partial charge in [-0.15, -0.1) is 0 Å². The fourth-order valence-corrected chi connectivity index (χ4v) is 3.18. The van der Waals surface area contributed by atoms with Crippen LogP contribution in [0.15, 0.2) is 29.2 Å². The van der Waals surface area contributed by atoms with Gasteiger partial charge in [0.2, 0.25) is 10.0 Å². The Balaban J connectivity index is 1.94. The van der Waals surface area contributed by atoms with Crippen molar-refractivity contribution in [3.05, 3.63) is 24.3 Å². The summed E-state index contributed by atoms with van der Waals surface area (Å²) >= 11 is 0. The lowest BCUT2D eigenvalue weighted by Crippen LogP contribution is -2.23. The molecule has 0 heterocycles. The molecule has 1 unspecified atom stereocenters. The van der Waals surface area contributed by atoms with Crippen LogP contribution in [0.3, 0.4) is 0 Å². The third kappa shape index (κ3) is 3.94. The van der Waals surface area contributed by atoms with Gasteiger partial charge in [0.1, 0.15) is 0 Å². The SMILES string of the molecule is CCNS(=O)(=O)c1ccc(NCC(C)C2CC2)cc1. The van der Waals surface area contributed by atoms with Crippen LogP contribution in [0.5, 0.6) is 0 Å². The molecule has 106 valence electrons. The van der Waals surface area contributed by atoms with Crippen molar-refractivity contribution in [2.45, 2.75) is 31.6 Å². The van der Waals surface area contributed by atoms with Gasteiger partial charge in [0, 0.05) is 18.8 Å². The van der Waals surface area contributed by atoms with E-state index in [-0.39, 0.29) is 0 Å². The van der Waals surface area contributed by atoms with Crippen molar-refractivity contribution in [3.63, 3.8) is 0 Å². The Bertz CT molecular complexity index is 507. The standard InChI is InChI=1S/C14H22N2O2S/c1-3-16-19(17,18)14-8-6-13(7-9-14)15-10-11(2)12-4-5-12/h6-9,11-12,15-16H,3-5,10H2,1-2H3. The van der Waals surface area contributed by atoms with E-state index in [9.17, 15) is 8.42 Å². The molecule has 2 rings (SSSR count). The minimum atomic E-state index is -3.34. The number of benzene rings is 1. The molecule has 5 heteroatoms. The third-order valence-electron chi connectivity index (χ3n) is 3.55. The highest BCUT2D eigenvalue weighted by Gasteiger charge is 2.27. The molecule has 1 aliphatic rings. The fourth-order valence-electron chi connectivity index (χ4n) is 2.14. The summed E-state index contributed by atoms with van der Waals surface area (Å²) in [5, 5.41) is 3.36. The largest absolute Gasteiger partial charge is 0.385 e. The molecule has 19 heavy (non-hydrogen) atoms. The summed E-state index contributed by atoms with van der Waals surface area (Å²) in [6.07, 6.45) is 2.70. The maximum atomic E-state index is 11.8. The summed E-state index contributed by atoms with van der Waals surface area (Å²) in [7, 11) is -3.34. The van der Waals surface area contributed by atoms with Crippen LogP contribution in [0.1, 0.15) is 26.7 Å². The first-order chi connectivity index (χ1) is 9.03. The monoisotopic (exact) mass is 282 g/mol. The molecule has 1 fully saturated rings. The van der Waals surface area contributed by atoms with Gasteiger partial charge in [-0.2, -0.15) is 0 Å². The highest BCUT2D eigenvalue weighted by Crippen LogP contribution is 2.36. The molecule has 0 bridgehead atoms. The molecule has 1 aliphatic carbocycles. The second-order valence-corrected chi connectivity index (χ2v) is 6.99. The van der Waals surface area contributed by atoms with E-state index in [1.54, 1.807) is 19.1 Å². The van der Waals surface area contributed by atoms with Crippen LogP contribution >= 0.6 is 0 Å². The number of sulfonamides is 1.